The molecule has 0 aliphatic heterocycles. The van der Waals surface area contributed by atoms with Gasteiger partial charge in [0.25, 0.3) is 0 Å². The summed E-state index contributed by atoms with van der Waals surface area (Å²) in [5, 5.41) is 0.331. The molecule has 1 aromatic carbocycles. The number of hydrogen-bond donors (Lipinski definition) is 2. The van der Waals surface area contributed by atoms with Crippen molar-refractivity contribution in [3.05, 3.63) is 55.9 Å². The van der Waals surface area contributed by atoms with Gasteiger partial charge in [0.05, 0.1) is 10.4 Å². The molecule has 2 rings (SSSR count). The highest BCUT2D eigenvalue weighted by atomic mass is 35.5. The Kier molecular flexibility index (Phi) is 4.01. The van der Waals surface area contributed by atoms with E-state index in [4.69, 9.17) is 29.0 Å². The topological polar surface area (TPSA) is 38.0 Å². The third kappa shape index (κ3) is 2.61. The molecule has 0 radical (unpaired) electrons. The Balaban J connectivity index is 2.49. The smallest absolute Gasteiger partial charge is 0.129 e. The molecule has 0 saturated heterocycles. The standard InChI is InChI=1S/C11H9Cl2FN2S/c12-6-2-1-3-7(14)10(6)11(16-15)8-4-5-9(13)17-8/h1-5,11,16H,15H2. The van der Waals surface area contributed by atoms with Crippen molar-refractivity contribution in [2.75, 3.05) is 0 Å². The van der Waals surface area contributed by atoms with E-state index in [1.165, 1.54) is 17.4 Å². The number of benzene rings is 1. The number of nitrogens with one attached hydrogen (secondary N) is 1. The van der Waals surface area contributed by atoms with Gasteiger partial charge in [-0.2, -0.15) is 0 Å². The molecule has 0 bridgehead atoms. The quantitative estimate of drug-likeness (QED) is 0.667. The molecule has 2 nitrogen and oxygen atoms in total. The van der Waals surface area contributed by atoms with E-state index in [0.717, 1.165) is 4.88 Å². The number of hydrogen-bond acceptors (Lipinski definition) is 3. The summed E-state index contributed by atoms with van der Waals surface area (Å²) in [5.41, 5.74) is 2.89. The fourth-order valence-electron chi connectivity index (χ4n) is 1.58. The van der Waals surface area contributed by atoms with Crippen molar-refractivity contribution in [3.63, 3.8) is 0 Å². The van der Waals surface area contributed by atoms with Crippen LogP contribution >= 0.6 is 34.5 Å². The molecule has 1 unspecified atom stereocenters. The van der Waals surface area contributed by atoms with Crippen molar-refractivity contribution < 1.29 is 4.39 Å². The van der Waals surface area contributed by atoms with Gasteiger partial charge in [-0.15, -0.1) is 11.3 Å². The lowest BCUT2D eigenvalue weighted by atomic mass is 10.1. The van der Waals surface area contributed by atoms with Gasteiger partial charge in [-0.1, -0.05) is 29.3 Å². The van der Waals surface area contributed by atoms with Gasteiger partial charge in [0.2, 0.25) is 0 Å². The molecule has 2 aromatic rings. The maximum atomic E-state index is 13.8. The van der Waals surface area contributed by atoms with Crippen molar-refractivity contribution >= 4 is 34.5 Å². The van der Waals surface area contributed by atoms with E-state index in [9.17, 15) is 4.39 Å². The molecule has 0 aliphatic rings. The minimum Gasteiger partial charge on any atom is -0.271 e. The Labute approximate surface area is 112 Å². The first kappa shape index (κ1) is 12.8. The van der Waals surface area contributed by atoms with Crippen molar-refractivity contribution in [2.45, 2.75) is 6.04 Å². The van der Waals surface area contributed by atoms with E-state index in [2.05, 4.69) is 5.43 Å². The third-order valence-electron chi connectivity index (χ3n) is 2.33. The second kappa shape index (κ2) is 5.33. The van der Waals surface area contributed by atoms with Gasteiger partial charge in [0, 0.05) is 15.5 Å². The van der Waals surface area contributed by atoms with Crippen molar-refractivity contribution in [2.24, 2.45) is 5.84 Å². The zero-order chi connectivity index (χ0) is 12.4. The van der Waals surface area contributed by atoms with Crippen LogP contribution in [0.1, 0.15) is 16.5 Å². The van der Waals surface area contributed by atoms with Crippen LogP contribution in [0.5, 0.6) is 0 Å². The Hall–Kier alpha value is -0.650. The van der Waals surface area contributed by atoms with Gasteiger partial charge >= 0.3 is 0 Å². The predicted molar refractivity (Wildman–Crippen MR) is 69.9 cm³/mol. The summed E-state index contributed by atoms with van der Waals surface area (Å²) in [4.78, 5) is 0.810. The van der Waals surface area contributed by atoms with Crippen LogP contribution in [-0.2, 0) is 0 Å². The normalized spacial score (nSPS) is 12.7. The molecule has 0 fully saturated rings. The highest BCUT2D eigenvalue weighted by molar-refractivity contribution is 7.16. The number of rotatable bonds is 3. The van der Waals surface area contributed by atoms with E-state index in [0.29, 0.717) is 14.9 Å². The lowest BCUT2D eigenvalue weighted by Crippen LogP contribution is -2.29. The molecule has 0 spiro atoms. The van der Waals surface area contributed by atoms with E-state index in [1.54, 1.807) is 24.3 Å². The van der Waals surface area contributed by atoms with Crippen LogP contribution < -0.4 is 11.3 Å². The molecule has 1 aromatic heterocycles. The Morgan fingerprint density at radius 1 is 1.24 bits per heavy atom. The average molecular weight is 291 g/mol. The van der Waals surface area contributed by atoms with Crippen molar-refractivity contribution in [1.82, 2.24) is 5.43 Å². The number of hydrazine groups is 1. The summed E-state index contributed by atoms with van der Waals surface area (Å²) in [6, 6.07) is 7.55. The summed E-state index contributed by atoms with van der Waals surface area (Å²) in [7, 11) is 0. The Morgan fingerprint density at radius 3 is 2.53 bits per heavy atom. The van der Waals surface area contributed by atoms with Crippen LogP contribution in [0, 0.1) is 5.82 Å². The average Bonchev–Trinajstić information content (AvgIpc) is 2.70. The summed E-state index contributed by atoms with van der Waals surface area (Å²) >= 11 is 13.2. The Morgan fingerprint density at radius 2 is 2.00 bits per heavy atom. The summed E-state index contributed by atoms with van der Waals surface area (Å²) in [6.07, 6.45) is 0. The van der Waals surface area contributed by atoms with Gasteiger partial charge in [-0.3, -0.25) is 5.84 Å². The first-order chi connectivity index (χ1) is 8.13. The molecule has 0 amide bonds. The van der Waals surface area contributed by atoms with Crippen LogP contribution in [-0.4, -0.2) is 0 Å². The summed E-state index contributed by atoms with van der Waals surface area (Å²) in [5.74, 6) is 5.07. The largest absolute Gasteiger partial charge is 0.271 e. The van der Waals surface area contributed by atoms with Crippen LogP contribution in [0.3, 0.4) is 0 Å². The first-order valence-corrected chi connectivity index (χ1v) is 6.36. The summed E-state index contributed by atoms with van der Waals surface area (Å²) < 4.78 is 14.4. The monoisotopic (exact) mass is 290 g/mol. The fraction of sp³-hybridized carbons (Fsp3) is 0.0909. The molecular formula is C11H9Cl2FN2S. The van der Waals surface area contributed by atoms with E-state index in [1.807, 2.05) is 0 Å². The van der Waals surface area contributed by atoms with E-state index in [-0.39, 0.29) is 0 Å². The molecule has 6 heteroatoms. The van der Waals surface area contributed by atoms with Crippen LogP contribution in [0.25, 0.3) is 0 Å². The fourth-order valence-corrected chi connectivity index (χ4v) is 2.98. The zero-order valence-corrected chi connectivity index (χ0v) is 10.9. The highest BCUT2D eigenvalue weighted by Crippen LogP contribution is 2.34. The Bertz CT molecular complexity index is 510. The molecule has 0 aliphatic carbocycles. The predicted octanol–water partition coefficient (Wildman–Crippen LogP) is 3.75. The second-order valence-corrected chi connectivity index (χ2v) is 5.53. The van der Waals surface area contributed by atoms with Gasteiger partial charge in [-0.25, -0.2) is 9.82 Å². The number of thiophene rings is 1. The summed E-state index contributed by atoms with van der Waals surface area (Å²) in [6.45, 7) is 0. The SMILES string of the molecule is NNC(c1ccc(Cl)s1)c1c(F)cccc1Cl. The molecule has 0 saturated carbocycles. The first-order valence-electron chi connectivity index (χ1n) is 4.78. The van der Waals surface area contributed by atoms with Gasteiger partial charge in [0.15, 0.2) is 0 Å². The molecule has 3 N–H and O–H groups in total. The van der Waals surface area contributed by atoms with Gasteiger partial charge in [0.1, 0.15) is 5.82 Å². The van der Waals surface area contributed by atoms with Crippen LogP contribution in [0.2, 0.25) is 9.36 Å². The van der Waals surface area contributed by atoms with Crippen LogP contribution in [0.15, 0.2) is 30.3 Å². The van der Waals surface area contributed by atoms with Crippen LogP contribution in [0.4, 0.5) is 4.39 Å². The third-order valence-corrected chi connectivity index (χ3v) is 3.96. The molecule has 90 valence electrons. The molecule has 1 heterocycles. The zero-order valence-electron chi connectivity index (χ0n) is 8.58. The maximum absolute atomic E-state index is 13.8. The van der Waals surface area contributed by atoms with E-state index >= 15 is 0 Å². The number of halogens is 3. The van der Waals surface area contributed by atoms with Gasteiger partial charge < -0.3 is 0 Å². The maximum Gasteiger partial charge on any atom is 0.129 e. The molecule has 17 heavy (non-hydrogen) atoms. The van der Waals surface area contributed by atoms with Crippen molar-refractivity contribution in [3.8, 4) is 0 Å². The lowest BCUT2D eigenvalue weighted by molar-refractivity contribution is 0.564. The molecular weight excluding hydrogens is 282 g/mol. The second-order valence-electron chi connectivity index (χ2n) is 3.38. The van der Waals surface area contributed by atoms with E-state index < -0.39 is 11.9 Å². The van der Waals surface area contributed by atoms with Crippen molar-refractivity contribution in [1.29, 1.82) is 0 Å². The highest BCUT2D eigenvalue weighted by Gasteiger charge is 2.21. The lowest BCUT2D eigenvalue weighted by Gasteiger charge is -2.16. The number of nitrogens with two attached hydrogens (primary N) is 1. The molecule has 1 atom stereocenters. The minimum absolute atomic E-state index is 0.329. The minimum atomic E-state index is -0.499. The van der Waals surface area contributed by atoms with Gasteiger partial charge in [-0.05, 0) is 24.3 Å².